The molecule has 1 amide bonds. The number of benzene rings is 2. The highest BCUT2D eigenvalue weighted by Crippen LogP contribution is 2.37. The van der Waals surface area contributed by atoms with Crippen LogP contribution in [0, 0.1) is 0 Å². The van der Waals surface area contributed by atoms with Crippen LogP contribution in [0.3, 0.4) is 0 Å². The fourth-order valence-corrected chi connectivity index (χ4v) is 3.34. The Morgan fingerprint density at radius 2 is 1.67 bits per heavy atom. The van der Waals surface area contributed by atoms with E-state index < -0.39 is 17.7 Å². The van der Waals surface area contributed by atoms with Crippen LogP contribution < -0.4 is 9.64 Å². The quantitative estimate of drug-likeness (QED) is 0.377. The highest BCUT2D eigenvalue weighted by molar-refractivity contribution is 9.10. The molecule has 0 saturated carbocycles. The van der Waals surface area contributed by atoms with E-state index >= 15 is 0 Å². The van der Waals surface area contributed by atoms with Crippen molar-refractivity contribution >= 4 is 39.3 Å². The molecule has 0 radical (unpaired) electrons. The van der Waals surface area contributed by atoms with Gasteiger partial charge < -0.3 is 13.9 Å². The van der Waals surface area contributed by atoms with E-state index in [4.69, 9.17) is 25.5 Å². The number of methoxy groups -OCH3 is 1. The van der Waals surface area contributed by atoms with Crippen LogP contribution in [0.5, 0.6) is 5.95 Å². The Kier molecular flexibility index (Phi) is 6.78. The van der Waals surface area contributed by atoms with Crippen molar-refractivity contribution in [2.75, 3.05) is 12.0 Å². The Hall–Kier alpha value is -2.44. The number of carbonyl (C=O) groups excluding carboxylic acids is 1. The molecule has 1 heterocycles. The van der Waals surface area contributed by atoms with Crippen molar-refractivity contribution in [1.29, 1.82) is 0 Å². The van der Waals surface area contributed by atoms with Crippen molar-refractivity contribution in [1.82, 2.24) is 0 Å². The van der Waals surface area contributed by atoms with Gasteiger partial charge in [0, 0.05) is 21.2 Å². The number of anilines is 1. The summed E-state index contributed by atoms with van der Waals surface area (Å²) in [5.41, 5.74) is 0.792. The monoisotopic (exact) mass is 491 g/mol. The number of ether oxygens (including phenoxy) is 2. The first-order chi connectivity index (χ1) is 14.2. The second kappa shape index (κ2) is 9.14. The lowest BCUT2D eigenvalue weighted by Gasteiger charge is -2.33. The Bertz CT molecular complexity index is 993. The first-order valence-corrected chi connectivity index (χ1v) is 10.5. The average molecular weight is 493 g/mol. The molecule has 30 heavy (non-hydrogen) atoms. The first-order valence-electron chi connectivity index (χ1n) is 9.35. The Balaban J connectivity index is 2.17. The molecule has 5 nitrogen and oxygen atoms in total. The van der Waals surface area contributed by atoms with Gasteiger partial charge in [0.25, 0.3) is 5.95 Å². The molecule has 0 fully saturated rings. The van der Waals surface area contributed by atoms with E-state index in [1.165, 1.54) is 7.11 Å². The average Bonchev–Trinajstić information content (AvgIpc) is 3.15. The maximum atomic E-state index is 13.4. The largest absolute Gasteiger partial charge is 0.468 e. The molecule has 158 valence electrons. The van der Waals surface area contributed by atoms with Crippen molar-refractivity contribution in [2.45, 2.75) is 32.4 Å². The number of carbonyl (C=O) groups is 1. The van der Waals surface area contributed by atoms with E-state index in [0.29, 0.717) is 22.4 Å². The van der Waals surface area contributed by atoms with Gasteiger partial charge in [0.2, 0.25) is 0 Å². The highest BCUT2D eigenvalue weighted by atomic mass is 79.9. The number of hydrogen-bond donors (Lipinski definition) is 0. The fraction of sp³-hybridized carbons (Fsp3) is 0.261. The highest BCUT2D eigenvalue weighted by Gasteiger charge is 2.34. The molecule has 0 aliphatic carbocycles. The minimum Gasteiger partial charge on any atom is -0.468 e. The molecular weight excluding hydrogens is 470 g/mol. The molecule has 0 N–H and O–H groups in total. The van der Waals surface area contributed by atoms with E-state index in [9.17, 15) is 4.79 Å². The molecule has 0 saturated heterocycles. The fourth-order valence-electron chi connectivity index (χ4n) is 2.95. The van der Waals surface area contributed by atoms with Gasteiger partial charge in [-0.3, -0.25) is 4.90 Å². The lowest BCUT2D eigenvalue weighted by Crippen LogP contribution is -2.39. The van der Waals surface area contributed by atoms with Crippen molar-refractivity contribution in [3.05, 3.63) is 81.5 Å². The van der Waals surface area contributed by atoms with Crippen molar-refractivity contribution in [3.8, 4) is 5.95 Å². The maximum Gasteiger partial charge on any atom is 0.415 e. The summed E-state index contributed by atoms with van der Waals surface area (Å²) in [6.45, 7) is 5.49. The summed E-state index contributed by atoms with van der Waals surface area (Å²) in [6.07, 6.45) is -0.506. The smallest absolute Gasteiger partial charge is 0.415 e. The molecular formula is C23H23BrClNO4. The molecule has 3 aromatic rings. The third-order valence-electron chi connectivity index (χ3n) is 4.21. The summed E-state index contributed by atoms with van der Waals surface area (Å²) in [6, 6.07) is 17.6. The van der Waals surface area contributed by atoms with Gasteiger partial charge in [0.1, 0.15) is 17.4 Å². The van der Waals surface area contributed by atoms with Crippen LogP contribution in [0.2, 0.25) is 5.02 Å². The molecule has 1 unspecified atom stereocenters. The summed E-state index contributed by atoms with van der Waals surface area (Å²) < 4.78 is 17.8. The van der Waals surface area contributed by atoms with Gasteiger partial charge in [-0.2, -0.15) is 0 Å². The van der Waals surface area contributed by atoms with Gasteiger partial charge in [-0.1, -0.05) is 39.7 Å². The molecule has 3 rings (SSSR count). The van der Waals surface area contributed by atoms with E-state index in [1.54, 1.807) is 41.3 Å². The van der Waals surface area contributed by atoms with Gasteiger partial charge in [-0.25, -0.2) is 4.79 Å². The molecule has 0 bridgehead atoms. The van der Waals surface area contributed by atoms with Gasteiger partial charge in [0.15, 0.2) is 0 Å². The third kappa shape index (κ3) is 5.37. The van der Waals surface area contributed by atoms with Crippen LogP contribution in [0.25, 0.3) is 0 Å². The van der Waals surface area contributed by atoms with E-state index in [1.807, 2.05) is 45.0 Å². The standard InChI is InChI=1S/C23H23BrClNO4/c1-23(2,3)30-22(27)26(18-11-9-17(25)10-12-18)21(15-5-7-16(24)8-6-15)19-13-14-20(28-4)29-19/h5-14,21H,1-4H3. The minimum absolute atomic E-state index is 0.354. The van der Waals surface area contributed by atoms with Gasteiger partial charge >= 0.3 is 6.09 Å². The summed E-state index contributed by atoms with van der Waals surface area (Å²) in [4.78, 5) is 14.9. The number of furan rings is 1. The normalized spacial score (nSPS) is 12.3. The Morgan fingerprint density at radius 3 is 2.20 bits per heavy atom. The second-order valence-corrected chi connectivity index (χ2v) is 8.99. The molecule has 1 aromatic heterocycles. The van der Waals surface area contributed by atoms with Gasteiger partial charge in [0.05, 0.1) is 7.11 Å². The van der Waals surface area contributed by atoms with Crippen LogP contribution in [-0.4, -0.2) is 18.8 Å². The van der Waals surface area contributed by atoms with Crippen molar-refractivity contribution in [3.63, 3.8) is 0 Å². The SMILES string of the molecule is COc1ccc(C(c2ccc(Br)cc2)N(C(=O)OC(C)(C)C)c2ccc(Cl)cc2)o1. The zero-order chi connectivity index (χ0) is 21.9. The summed E-state index contributed by atoms with van der Waals surface area (Å²) >= 11 is 9.54. The molecule has 1 atom stereocenters. The number of rotatable bonds is 5. The van der Waals surface area contributed by atoms with Crippen molar-refractivity contribution in [2.24, 2.45) is 0 Å². The van der Waals surface area contributed by atoms with Crippen LogP contribution in [0.4, 0.5) is 10.5 Å². The molecule has 7 heteroatoms. The summed E-state index contributed by atoms with van der Waals surface area (Å²) in [5.74, 6) is 0.891. The predicted molar refractivity (Wildman–Crippen MR) is 121 cm³/mol. The number of nitrogens with zero attached hydrogens (tertiary/aromatic N) is 1. The summed E-state index contributed by atoms with van der Waals surface area (Å²) in [7, 11) is 1.53. The third-order valence-corrected chi connectivity index (χ3v) is 4.99. The van der Waals surface area contributed by atoms with Gasteiger partial charge in [-0.05, 0) is 68.8 Å². The van der Waals surface area contributed by atoms with E-state index in [-0.39, 0.29) is 0 Å². The molecule has 0 aliphatic rings. The summed E-state index contributed by atoms with van der Waals surface area (Å²) in [5, 5.41) is 0.572. The van der Waals surface area contributed by atoms with E-state index in [0.717, 1.165) is 10.0 Å². The first kappa shape index (κ1) is 22.2. The second-order valence-electron chi connectivity index (χ2n) is 7.64. The zero-order valence-electron chi connectivity index (χ0n) is 17.2. The Labute approximate surface area is 189 Å². The predicted octanol–water partition coefficient (Wildman–Crippen LogP) is 7.24. The number of hydrogen-bond acceptors (Lipinski definition) is 4. The molecule has 2 aromatic carbocycles. The molecule has 0 spiro atoms. The lowest BCUT2D eigenvalue weighted by atomic mass is 10.0. The van der Waals surface area contributed by atoms with Crippen molar-refractivity contribution < 1.29 is 18.7 Å². The zero-order valence-corrected chi connectivity index (χ0v) is 19.5. The lowest BCUT2D eigenvalue weighted by molar-refractivity contribution is 0.0566. The molecule has 0 aliphatic heterocycles. The van der Waals surface area contributed by atoms with Gasteiger partial charge in [-0.15, -0.1) is 0 Å². The Morgan fingerprint density at radius 1 is 1.03 bits per heavy atom. The number of amides is 1. The van der Waals surface area contributed by atoms with Crippen LogP contribution in [0.15, 0.2) is 69.6 Å². The topological polar surface area (TPSA) is 51.9 Å². The maximum absolute atomic E-state index is 13.4. The van der Waals surface area contributed by atoms with E-state index in [2.05, 4.69) is 15.9 Å². The minimum atomic E-state index is -0.674. The van der Waals surface area contributed by atoms with Crippen LogP contribution >= 0.6 is 27.5 Å². The van der Waals surface area contributed by atoms with Crippen LogP contribution in [0.1, 0.15) is 38.1 Å². The van der Waals surface area contributed by atoms with Crippen LogP contribution in [-0.2, 0) is 4.74 Å². The number of halogens is 2.